The first-order chi connectivity index (χ1) is 9.72. The zero-order valence-corrected chi connectivity index (χ0v) is 13.8. The van der Waals surface area contributed by atoms with Gasteiger partial charge in [0.25, 0.3) is 0 Å². The lowest BCUT2D eigenvalue weighted by Gasteiger charge is -2.24. The first-order valence-corrected chi connectivity index (χ1v) is 8.12. The highest BCUT2D eigenvalue weighted by Crippen LogP contribution is 2.25. The Hall–Kier alpha value is -1.31. The van der Waals surface area contributed by atoms with Crippen molar-refractivity contribution in [2.45, 2.75) is 25.2 Å². The van der Waals surface area contributed by atoms with Crippen LogP contribution in [-0.2, 0) is 14.8 Å². The molecule has 0 heterocycles. The highest BCUT2D eigenvalue weighted by atomic mass is 32.2. The third-order valence-electron chi connectivity index (χ3n) is 3.23. The van der Waals surface area contributed by atoms with Crippen LogP contribution >= 0.6 is 0 Å². The molecule has 0 unspecified atom stereocenters. The Morgan fingerprint density at radius 1 is 1.29 bits per heavy atom. The third kappa shape index (κ3) is 5.18. The maximum Gasteiger partial charge on any atom is 0.242 e. The number of anilines is 1. The Morgan fingerprint density at radius 2 is 1.95 bits per heavy atom. The van der Waals surface area contributed by atoms with Gasteiger partial charge in [-0.25, -0.2) is 13.1 Å². The molecule has 0 aliphatic heterocycles. The second kappa shape index (κ2) is 7.11. The van der Waals surface area contributed by atoms with Gasteiger partial charge in [-0.3, -0.25) is 0 Å². The van der Waals surface area contributed by atoms with Crippen molar-refractivity contribution >= 4 is 15.7 Å². The molecule has 0 bridgehead atoms. The van der Waals surface area contributed by atoms with Crippen molar-refractivity contribution in [3.05, 3.63) is 18.2 Å². The molecule has 1 rings (SSSR count). The fraction of sp³-hybridized carbons (Fsp3) is 0.571. The van der Waals surface area contributed by atoms with E-state index in [1.165, 1.54) is 19.2 Å². The quantitative estimate of drug-likeness (QED) is 0.711. The van der Waals surface area contributed by atoms with E-state index in [1.807, 2.05) is 13.8 Å². The maximum absolute atomic E-state index is 12.3. The standard InChI is InChI=1S/C14H24N2O4S/c1-14(2,7-8-19-3)10-16-21(17,18)13-6-5-11(20-4)9-12(13)15/h5-6,9,16H,7-8,10,15H2,1-4H3. The van der Waals surface area contributed by atoms with Crippen molar-refractivity contribution in [1.29, 1.82) is 0 Å². The number of nitrogen functional groups attached to an aromatic ring is 1. The van der Waals surface area contributed by atoms with Gasteiger partial charge in [0.1, 0.15) is 10.6 Å². The Bertz CT molecular complexity index is 570. The number of hydrogen-bond acceptors (Lipinski definition) is 5. The van der Waals surface area contributed by atoms with Gasteiger partial charge in [-0.15, -0.1) is 0 Å². The molecule has 120 valence electrons. The molecule has 0 radical (unpaired) electrons. The van der Waals surface area contributed by atoms with Crippen LogP contribution in [0.2, 0.25) is 0 Å². The van der Waals surface area contributed by atoms with Gasteiger partial charge in [0, 0.05) is 26.3 Å². The van der Waals surface area contributed by atoms with Crippen LogP contribution in [0.3, 0.4) is 0 Å². The lowest BCUT2D eigenvalue weighted by atomic mass is 9.90. The summed E-state index contributed by atoms with van der Waals surface area (Å²) >= 11 is 0. The Balaban J connectivity index is 2.82. The summed E-state index contributed by atoms with van der Waals surface area (Å²) in [6, 6.07) is 4.50. The Labute approximate surface area is 126 Å². The summed E-state index contributed by atoms with van der Waals surface area (Å²) in [6.07, 6.45) is 0.754. The van der Waals surface area contributed by atoms with Crippen molar-refractivity contribution in [3.8, 4) is 5.75 Å². The largest absolute Gasteiger partial charge is 0.497 e. The second-order valence-corrected chi connectivity index (χ2v) is 7.37. The average molecular weight is 316 g/mol. The van der Waals surface area contributed by atoms with Crippen LogP contribution in [0, 0.1) is 5.41 Å². The van der Waals surface area contributed by atoms with Crippen molar-refractivity contribution in [2.24, 2.45) is 5.41 Å². The SMILES string of the molecule is COCCC(C)(C)CNS(=O)(=O)c1ccc(OC)cc1N. The molecule has 0 aliphatic carbocycles. The van der Waals surface area contributed by atoms with Crippen LogP contribution in [0.25, 0.3) is 0 Å². The molecular formula is C14H24N2O4S. The van der Waals surface area contributed by atoms with Gasteiger partial charge in [0.15, 0.2) is 0 Å². The van der Waals surface area contributed by atoms with Crippen LogP contribution in [0.15, 0.2) is 23.1 Å². The summed E-state index contributed by atoms with van der Waals surface area (Å²) in [4.78, 5) is 0.0610. The summed E-state index contributed by atoms with van der Waals surface area (Å²) in [5, 5.41) is 0. The lowest BCUT2D eigenvalue weighted by Crippen LogP contribution is -2.35. The Kier molecular flexibility index (Phi) is 6.00. The molecule has 1 aromatic rings. The fourth-order valence-electron chi connectivity index (χ4n) is 1.73. The molecule has 0 spiro atoms. The molecule has 6 nitrogen and oxygen atoms in total. The number of hydrogen-bond donors (Lipinski definition) is 2. The number of nitrogens with two attached hydrogens (primary N) is 1. The van der Waals surface area contributed by atoms with Crippen LogP contribution in [0.1, 0.15) is 20.3 Å². The lowest BCUT2D eigenvalue weighted by molar-refractivity contribution is 0.153. The zero-order valence-electron chi connectivity index (χ0n) is 13.0. The number of nitrogens with one attached hydrogen (secondary N) is 1. The van der Waals surface area contributed by atoms with Crippen molar-refractivity contribution in [3.63, 3.8) is 0 Å². The molecule has 21 heavy (non-hydrogen) atoms. The molecule has 0 atom stereocenters. The molecule has 0 saturated carbocycles. The van der Waals surface area contributed by atoms with Crippen LogP contribution in [0.5, 0.6) is 5.75 Å². The van der Waals surface area contributed by atoms with Crippen molar-refractivity contribution in [1.82, 2.24) is 4.72 Å². The number of benzene rings is 1. The van der Waals surface area contributed by atoms with E-state index in [1.54, 1.807) is 13.2 Å². The highest BCUT2D eigenvalue weighted by molar-refractivity contribution is 7.89. The molecule has 1 aromatic carbocycles. The van der Waals surface area contributed by atoms with E-state index in [2.05, 4.69) is 4.72 Å². The summed E-state index contributed by atoms with van der Waals surface area (Å²) in [5.41, 5.74) is 5.74. The minimum absolute atomic E-state index is 0.0610. The van der Waals surface area contributed by atoms with Crippen LogP contribution in [-0.4, -0.2) is 35.8 Å². The van der Waals surface area contributed by atoms with Crippen LogP contribution < -0.4 is 15.2 Å². The van der Waals surface area contributed by atoms with E-state index in [4.69, 9.17) is 15.2 Å². The molecule has 0 saturated heterocycles. The van der Waals surface area contributed by atoms with Gasteiger partial charge in [-0.1, -0.05) is 13.8 Å². The number of ether oxygens (including phenoxy) is 2. The van der Waals surface area contributed by atoms with E-state index in [0.717, 1.165) is 6.42 Å². The predicted molar refractivity (Wildman–Crippen MR) is 82.9 cm³/mol. The van der Waals surface area contributed by atoms with Crippen molar-refractivity contribution in [2.75, 3.05) is 33.1 Å². The van der Waals surface area contributed by atoms with Gasteiger partial charge in [0.2, 0.25) is 10.0 Å². The topological polar surface area (TPSA) is 90.6 Å². The average Bonchev–Trinajstić information content (AvgIpc) is 2.43. The molecule has 0 fully saturated rings. The smallest absolute Gasteiger partial charge is 0.242 e. The second-order valence-electron chi connectivity index (χ2n) is 5.64. The molecular weight excluding hydrogens is 292 g/mol. The van der Waals surface area contributed by atoms with E-state index < -0.39 is 10.0 Å². The monoisotopic (exact) mass is 316 g/mol. The molecule has 7 heteroatoms. The van der Waals surface area contributed by atoms with Gasteiger partial charge in [0.05, 0.1) is 12.8 Å². The number of methoxy groups -OCH3 is 2. The normalized spacial score (nSPS) is 12.4. The molecule has 0 aliphatic rings. The summed E-state index contributed by atoms with van der Waals surface area (Å²) in [5.74, 6) is 0.520. The summed E-state index contributed by atoms with van der Waals surface area (Å²) in [6.45, 7) is 4.85. The highest BCUT2D eigenvalue weighted by Gasteiger charge is 2.23. The van der Waals surface area contributed by atoms with E-state index in [0.29, 0.717) is 18.9 Å². The van der Waals surface area contributed by atoms with Gasteiger partial charge >= 0.3 is 0 Å². The first-order valence-electron chi connectivity index (χ1n) is 6.64. The van der Waals surface area contributed by atoms with Crippen LogP contribution in [0.4, 0.5) is 5.69 Å². The van der Waals surface area contributed by atoms with E-state index >= 15 is 0 Å². The maximum atomic E-state index is 12.3. The minimum atomic E-state index is -3.65. The van der Waals surface area contributed by atoms with Crippen molar-refractivity contribution < 1.29 is 17.9 Å². The van der Waals surface area contributed by atoms with Gasteiger partial charge in [-0.05, 0) is 24.0 Å². The van der Waals surface area contributed by atoms with E-state index in [-0.39, 0.29) is 16.0 Å². The van der Waals surface area contributed by atoms with Gasteiger partial charge in [-0.2, -0.15) is 0 Å². The zero-order chi connectivity index (χ0) is 16.1. The Morgan fingerprint density at radius 3 is 2.48 bits per heavy atom. The first kappa shape index (κ1) is 17.7. The number of sulfonamides is 1. The van der Waals surface area contributed by atoms with E-state index in [9.17, 15) is 8.42 Å². The number of rotatable bonds is 8. The predicted octanol–water partition coefficient (Wildman–Crippen LogP) is 1.62. The van der Waals surface area contributed by atoms with Gasteiger partial charge < -0.3 is 15.2 Å². The molecule has 0 aromatic heterocycles. The molecule has 3 N–H and O–H groups in total. The summed E-state index contributed by atoms with van der Waals surface area (Å²) < 4.78 is 37.3. The fourth-order valence-corrected chi connectivity index (χ4v) is 3.09. The summed E-state index contributed by atoms with van der Waals surface area (Å²) in [7, 11) is -0.523. The molecule has 0 amide bonds. The third-order valence-corrected chi connectivity index (χ3v) is 4.71. The minimum Gasteiger partial charge on any atom is -0.497 e.